The van der Waals surface area contributed by atoms with Gasteiger partial charge in [-0.15, -0.1) is 0 Å². The fourth-order valence-corrected chi connectivity index (χ4v) is 8.26. The number of likely N-dealkylation sites (N-methyl/N-ethyl adjacent to an activating group) is 1. The number of likely N-dealkylation sites (tertiary alicyclic amines) is 1. The Morgan fingerprint density at radius 3 is 2.18 bits per heavy atom. The second kappa shape index (κ2) is 20.2. The molecule has 5 aromatic rings. The standard InChI is InChI=1S/C50H61FN8O6/c1-7-57(5)46(61)45(49(2,3)4)53-25-10-8-9-11-44(60)58-27-21-37(22-28-58)59-32-33(31-54-59)39-29-41-40(30-43(39)64-6)42(20-26-52-41)65-38-18-16-36(17-19-38)56-48(63)50(23-24-50)47(62)55-35-14-12-34(51)13-15-35/h12-20,26,29-32,37,45,53H,7-11,21-25,27-28H2,1-6H3,(H,55,62)(H,56,63)/t45-/m1/s1. The fraction of sp³-hybridized carbons (Fsp3) is 0.440. The van der Waals surface area contributed by atoms with Crippen LogP contribution in [0.2, 0.25) is 0 Å². The van der Waals surface area contributed by atoms with E-state index in [-0.39, 0.29) is 29.3 Å². The van der Waals surface area contributed by atoms with Crippen molar-refractivity contribution in [1.82, 2.24) is 29.9 Å². The molecular weight excluding hydrogens is 828 g/mol. The molecule has 1 aliphatic heterocycles. The second-order valence-electron chi connectivity index (χ2n) is 18.2. The van der Waals surface area contributed by atoms with Crippen molar-refractivity contribution < 1.29 is 33.0 Å². The number of amides is 4. The maximum atomic E-state index is 13.3. The van der Waals surface area contributed by atoms with Crippen molar-refractivity contribution in [1.29, 1.82) is 0 Å². The van der Waals surface area contributed by atoms with Crippen molar-refractivity contribution in [2.75, 3.05) is 51.0 Å². The van der Waals surface area contributed by atoms with Gasteiger partial charge in [0, 0.05) is 73.4 Å². The summed E-state index contributed by atoms with van der Waals surface area (Å²) in [6, 6.07) is 17.9. The molecule has 3 N–H and O–H groups in total. The van der Waals surface area contributed by atoms with Crippen molar-refractivity contribution in [2.45, 2.75) is 91.1 Å². The number of aromatic nitrogens is 3. The predicted octanol–water partition coefficient (Wildman–Crippen LogP) is 8.60. The largest absolute Gasteiger partial charge is 0.496 e. The summed E-state index contributed by atoms with van der Waals surface area (Å²) in [7, 11) is 3.46. The molecule has 3 heterocycles. The molecule has 0 bridgehead atoms. The number of halogens is 1. The van der Waals surface area contributed by atoms with E-state index in [2.05, 4.69) is 41.7 Å². The molecule has 0 spiro atoms. The molecule has 3 aromatic carbocycles. The van der Waals surface area contributed by atoms with E-state index in [9.17, 15) is 23.6 Å². The summed E-state index contributed by atoms with van der Waals surface area (Å²) in [5, 5.41) is 14.5. The number of piperidine rings is 1. The van der Waals surface area contributed by atoms with Gasteiger partial charge in [-0.05, 0) is 124 Å². The van der Waals surface area contributed by atoms with E-state index in [0.29, 0.717) is 73.0 Å². The number of rotatable bonds is 18. The Balaban J connectivity index is 0.899. The summed E-state index contributed by atoms with van der Waals surface area (Å²) in [4.78, 5) is 60.6. The van der Waals surface area contributed by atoms with Crippen LogP contribution >= 0.6 is 0 Å². The average Bonchev–Trinajstić information content (AvgIpc) is 3.98. The number of fused-ring (bicyclic) bond motifs is 1. The number of carbonyl (C=O) groups is 4. The summed E-state index contributed by atoms with van der Waals surface area (Å²) in [6.07, 6.45) is 11.2. The van der Waals surface area contributed by atoms with Crippen LogP contribution in [0, 0.1) is 16.6 Å². The molecule has 15 heteroatoms. The van der Waals surface area contributed by atoms with Gasteiger partial charge in [-0.1, -0.05) is 27.2 Å². The van der Waals surface area contributed by atoms with Crippen LogP contribution in [0.5, 0.6) is 17.2 Å². The number of pyridine rings is 1. The van der Waals surface area contributed by atoms with E-state index in [1.54, 1.807) is 48.5 Å². The van der Waals surface area contributed by atoms with Crippen LogP contribution in [0.4, 0.5) is 15.8 Å². The van der Waals surface area contributed by atoms with E-state index in [4.69, 9.17) is 14.6 Å². The molecule has 65 heavy (non-hydrogen) atoms. The van der Waals surface area contributed by atoms with Gasteiger partial charge < -0.3 is 35.2 Å². The fourth-order valence-electron chi connectivity index (χ4n) is 8.26. The topological polar surface area (TPSA) is 160 Å². The van der Waals surface area contributed by atoms with Crippen molar-refractivity contribution >= 4 is 45.9 Å². The monoisotopic (exact) mass is 888 g/mol. The first-order chi connectivity index (χ1) is 31.2. The van der Waals surface area contributed by atoms with Crippen LogP contribution in [-0.4, -0.2) is 94.6 Å². The maximum Gasteiger partial charge on any atom is 0.240 e. The zero-order valence-electron chi connectivity index (χ0n) is 38.3. The van der Waals surface area contributed by atoms with Gasteiger partial charge in [-0.3, -0.25) is 28.8 Å². The first-order valence-electron chi connectivity index (χ1n) is 22.6. The summed E-state index contributed by atoms with van der Waals surface area (Å²) in [5.74, 6) is 0.806. The van der Waals surface area contributed by atoms with Crippen LogP contribution in [-0.2, 0) is 19.2 Å². The van der Waals surface area contributed by atoms with E-state index in [1.807, 2.05) is 48.1 Å². The Morgan fingerprint density at radius 1 is 0.908 bits per heavy atom. The third kappa shape index (κ3) is 11.1. The maximum absolute atomic E-state index is 13.3. The Morgan fingerprint density at radius 2 is 1.57 bits per heavy atom. The van der Waals surface area contributed by atoms with Crippen molar-refractivity contribution in [2.24, 2.45) is 10.8 Å². The van der Waals surface area contributed by atoms with Gasteiger partial charge in [0.05, 0.1) is 30.9 Å². The van der Waals surface area contributed by atoms with Gasteiger partial charge in [0.1, 0.15) is 28.5 Å². The first kappa shape index (κ1) is 46.6. The van der Waals surface area contributed by atoms with E-state index >= 15 is 0 Å². The van der Waals surface area contributed by atoms with Crippen LogP contribution in [0.25, 0.3) is 22.0 Å². The molecule has 1 saturated heterocycles. The smallest absolute Gasteiger partial charge is 0.240 e. The van der Waals surface area contributed by atoms with Gasteiger partial charge >= 0.3 is 0 Å². The number of methoxy groups -OCH3 is 1. The van der Waals surface area contributed by atoms with Crippen LogP contribution in [0.1, 0.15) is 85.1 Å². The number of nitrogens with one attached hydrogen (secondary N) is 3. The second-order valence-corrected chi connectivity index (χ2v) is 18.2. The van der Waals surface area contributed by atoms with E-state index < -0.39 is 23.0 Å². The molecule has 2 aromatic heterocycles. The van der Waals surface area contributed by atoms with Crippen LogP contribution in [0.3, 0.4) is 0 Å². The number of nitrogens with zero attached hydrogens (tertiary/aromatic N) is 5. The molecule has 1 aliphatic carbocycles. The number of hydrogen-bond donors (Lipinski definition) is 3. The minimum Gasteiger partial charge on any atom is -0.496 e. The SMILES string of the molecule is CCN(C)C(=O)[C@@H](NCCCCCC(=O)N1CCC(n2cc(-c3cc4nccc(Oc5ccc(NC(=O)C6(C(=O)Nc7ccc(F)cc7)CC6)cc5)c4cc3OC)cn2)CC1)C(C)(C)C. The third-order valence-electron chi connectivity index (χ3n) is 12.6. The number of benzene rings is 3. The summed E-state index contributed by atoms with van der Waals surface area (Å²) in [5.41, 5.74) is 2.01. The molecule has 7 rings (SSSR count). The quantitative estimate of drug-likeness (QED) is 0.0579. The Bertz CT molecular complexity index is 2470. The minimum absolute atomic E-state index is 0.115. The van der Waals surface area contributed by atoms with Crippen molar-refractivity contribution in [3.05, 3.63) is 91.1 Å². The highest BCUT2D eigenvalue weighted by Crippen LogP contribution is 2.48. The van der Waals surface area contributed by atoms with Crippen molar-refractivity contribution in [3.8, 4) is 28.4 Å². The Kier molecular flexibility index (Phi) is 14.5. The molecular formula is C50H61FN8O6. The third-order valence-corrected chi connectivity index (χ3v) is 12.6. The molecule has 14 nitrogen and oxygen atoms in total. The van der Waals surface area contributed by atoms with E-state index in [0.717, 1.165) is 55.2 Å². The average molecular weight is 889 g/mol. The van der Waals surface area contributed by atoms with Gasteiger partial charge in [-0.2, -0.15) is 5.10 Å². The molecule has 4 amide bonds. The lowest BCUT2D eigenvalue weighted by Gasteiger charge is -2.33. The molecule has 2 aliphatic rings. The Labute approximate surface area is 380 Å². The molecule has 1 atom stereocenters. The minimum atomic E-state index is -1.18. The Hall–Kier alpha value is -6.35. The van der Waals surface area contributed by atoms with Crippen LogP contribution in [0.15, 0.2) is 85.3 Å². The predicted molar refractivity (Wildman–Crippen MR) is 249 cm³/mol. The molecule has 0 unspecified atom stereocenters. The van der Waals surface area contributed by atoms with Gasteiger partial charge in [0.2, 0.25) is 23.6 Å². The van der Waals surface area contributed by atoms with Gasteiger partial charge in [0.15, 0.2) is 0 Å². The number of unbranched alkanes of at least 4 members (excludes halogenated alkanes) is 2. The van der Waals surface area contributed by atoms with Crippen molar-refractivity contribution in [3.63, 3.8) is 0 Å². The van der Waals surface area contributed by atoms with E-state index in [1.165, 1.54) is 24.3 Å². The van der Waals surface area contributed by atoms with Gasteiger partial charge in [-0.25, -0.2) is 4.39 Å². The lowest BCUT2D eigenvalue weighted by molar-refractivity contribution is -0.135. The number of ether oxygens (including phenoxy) is 2. The lowest BCUT2D eigenvalue weighted by Crippen LogP contribution is -2.52. The summed E-state index contributed by atoms with van der Waals surface area (Å²) in [6.45, 7) is 11.0. The van der Waals surface area contributed by atoms with Crippen LogP contribution < -0.4 is 25.4 Å². The summed E-state index contributed by atoms with van der Waals surface area (Å²) >= 11 is 0. The number of hydrogen-bond acceptors (Lipinski definition) is 9. The molecule has 0 radical (unpaired) electrons. The first-order valence-corrected chi connectivity index (χ1v) is 22.6. The lowest BCUT2D eigenvalue weighted by atomic mass is 9.85. The van der Waals surface area contributed by atoms with Gasteiger partial charge in [0.25, 0.3) is 0 Å². The number of anilines is 2. The number of carbonyl (C=O) groups excluding carboxylic acids is 4. The molecule has 2 fully saturated rings. The molecule has 344 valence electrons. The zero-order chi connectivity index (χ0) is 46.3. The summed E-state index contributed by atoms with van der Waals surface area (Å²) < 4.78 is 27.5. The normalized spacial score (nSPS) is 15.3. The highest BCUT2D eigenvalue weighted by Gasteiger charge is 2.56. The highest BCUT2D eigenvalue weighted by molar-refractivity contribution is 6.17. The zero-order valence-corrected chi connectivity index (χ0v) is 38.3. The molecule has 1 saturated carbocycles. The highest BCUT2D eigenvalue weighted by atomic mass is 19.1.